The SMILES string of the molecule is C=CCCC(NC(=O)c1noc2c1CCCC2)C(=O)O. The van der Waals surface area contributed by atoms with Crippen LogP contribution in [0.5, 0.6) is 0 Å². The average molecular weight is 278 g/mol. The second-order valence-corrected chi connectivity index (χ2v) is 4.87. The highest BCUT2D eigenvalue weighted by Crippen LogP contribution is 2.24. The Morgan fingerprint density at radius 1 is 1.45 bits per heavy atom. The topological polar surface area (TPSA) is 92.4 Å². The lowest BCUT2D eigenvalue weighted by atomic mass is 9.96. The summed E-state index contributed by atoms with van der Waals surface area (Å²) in [6.45, 7) is 3.55. The van der Waals surface area contributed by atoms with E-state index in [-0.39, 0.29) is 5.69 Å². The molecule has 1 atom stereocenters. The van der Waals surface area contributed by atoms with E-state index in [1.54, 1.807) is 6.08 Å². The highest BCUT2D eigenvalue weighted by atomic mass is 16.5. The van der Waals surface area contributed by atoms with Gasteiger partial charge < -0.3 is 14.9 Å². The van der Waals surface area contributed by atoms with Crippen LogP contribution in [0, 0.1) is 0 Å². The Morgan fingerprint density at radius 2 is 2.20 bits per heavy atom. The maximum atomic E-state index is 12.1. The number of carboxylic acids is 1. The fourth-order valence-electron chi connectivity index (χ4n) is 2.33. The Kier molecular flexibility index (Phi) is 4.55. The number of carboxylic acid groups (broad SMARTS) is 1. The van der Waals surface area contributed by atoms with E-state index in [0.29, 0.717) is 12.8 Å². The van der Waals surface area contributed by atoms with Crippen molar-refractivity contribution < 1.29 is 19.2 Å². The lowest BCUT2D eigenvalue weighted by Crippen LogP contribution is -2.41. The Morgan fingerprint density at radius 3 is 2.90 bits per heavy atom. The van der Waals surface area contributed by atoms with Crippen molar-refractivity contribution in [2.24, 2.45) is 0 Å². The number of carbonyl (C=O) groups is 2. The number of nitrogens with zero attached hydrogens (tertiary/aromatic N) is 1. The van der Waals surface area contributed by atoms with Crippen LogP contribution in [0.15, 0.2) is 17.2 Å². The van der Waals surface area contributed by atoms with E-state index in [1.165, 1.54) is 0 Å². The van der Waals surface area contributed by atoms with Crippen LogP contribution >= 0.6 is 0 Å². The van der Waals surface area contributed by atoms with E-state index in [0.717, 1.165) is 37.0 Å². The third kappa shape index (κ3) is 3.07. The molecular weight excluding hydrogens is 260 g/mol. The molecule has 0 radical (unpaired) electrons. The van der Waals surface area contributed by atoms with E-state index in [2.05, 4.69) is 17.1 Å². The van der Waals surface area contributed by atoms with Gasteiger partial charge in [0.25, 0.3) is 5.91 Å². The molecule has 2 N–H and O–H groups in total. The number of hydrogen-bond acceptors (Lipinski definition) is 4. The number of hydrogen-bond donors (Lipinski definition) is 2. The zero-order valence-electron chi connectivity index (χ0n) is 11.2. The fraction of sp³-hybridized carbons (Fsp3) is 0.500. The molecule has 1 aromatic rings. The smallest absolute Gasteiger partial charge is 0.326 e. The number of carbonyl (C=O) groups excluding carboxylic acids is 1. The fourth-order valence-corrected chi connectivity index (χ4v) is 2.33. The molecule has 0 spiro atoms. The molecule has 1 amide bonds. The molecule has 0 aromatic carbocycles. The Hall–Kier alpha value is -2.11. The van der Waals surface area contributed by atoms with Crippen LogP contribution in [-0.2, 0) is 17.6 Å². The zero-order valence-corrected chi connectivity index (χ0v) is 11.2. The van der Waals surface area contributed by atoms with Crippen molar-refractivity contribution in [1.29, 1.82) is 0 Å². The number of aliphatic carboxylic acids is 1. The molecule has 1 unspecified atom stereocenters. The minimum Gasteiger partial charge on any atom is -0.480 e. The lowest BCUT2D eigenvalue weighted by molar-refractivity contribution is -0.139. The number of rotatable bonds is 6. The highest BCUT2D eigenvalue weighted by molar-refractivity contribution is 5.96. The number of nitrogens with one attached hydrogen (secondary N) is 1. The molecule has 108 valence electrons. The summed E-state index contributed by atoms with van der Waals surface area (Å²) in [7, 11) is 0. The van der Waals surface area contributed by atoms with Gasteiger partial charge in [-0.2, -0.15) is 0 Å². The zero-order chi connectivity index (χ0) is 14.5. The van der Waals surface area contributed by atoms with Crippen LogP contribution in [0.2, 0.25) is 0 Å². The van der Waals surface area contributed by atoms with E-state index < -0.39 is 17.9 Å². The Balaban J connectivity index is 2.08. The van der Waals surface area contributed by atoms with Gasteiger partial charge in [-0.3, -0.25) is 4.79 Å². The van der Waals surface area contributed by atoms with E-state index in [9.17, 15) is 9.59 Å². The van der Waals surface area contributed by atoms with Crippen molar-refractivity contribution in [3.8, 4) is 0 Å². The summed E-state index contributed by atoms with van der Waals surface area (Å²) < 4.78 is 5.16. The lowest BCUT2D eigenvalue weighted by Gasteiger charge is -2.14. The molecule has 0 aliphatic heterocycles. The molecule has 1 heterocycles. The van der Waals surface area contributed by atoms with Crippen molar-refractivity contribution in [3.63, 3.8) is 0 Å². The molecule has 0 saturated heterocycles. The van der Waals surface area contributed by atoms with E-state index in [4.69, 9.17) is 9.63 Å². The van der Waals surface area contributed by atoms with Gasteiger partial charge >= 0.3 is 5.97 Å². The molecule has 6 nitrogen and oxygen atoms in total. The van der Waals surface area contributed by atoms with Crippen LogP contribution < -0.4 is 5.32 Å². The first kappa shape index (κ1) is 14.3. The largest absolute Gasteiger partial charge is 0.480 e. The Labute approximate surface area is 116 Å². The van der Waals surface area contributed by atoms with Crippen molar-refractivity contribution in [3.05, 3.63) is 29.7 Å². The quantitative estimate of drug-likeness (QED) is 0.773. The molecule has 1 aromatic heterocycles. The summed E-state index contributed by atoms with van der Waals surface area (Å²) in [5, 5.41) is 15.4. The van der Waals surface area contributed by atoms with Crippen molar-refractivity contribution >= 4 is 11.9 Å². The third-order valence-electron chi connectivity index (χ3n) is 3.43. The van der Waals surface area contributed by atoms with Crippen LogP contribution in [0.25, 0.3) is 0 Å². The molecular formula is C14H18N2O4. The van der Waals surface area contributed by atoms with Crippen molar-refractivity contribution in [2.45, 2.75) is 44.6 Å². The number of aromatic nitrogens is 1. The van der Waals surface area contributed by atoms with Crippen molar-refractivity contribution in [1.82, 2.24) is 10.5 Å². The second-order valence-electron chi connectivity index (χ2n) is 4.87. The Bertz CT molecular complexity index is 521. The molecule has 0 fully saturated rings. The molecule has 2 rings (SSSR count). The van der Waals surface area contributed by atoms with Gasteiger partial charge in [0.15, 0.2) is 5.69 Å². The van der Waals surface area contributed by atoms with Gasteiger partial charge in [0.1, 0.15) is 11.8 Å². The molecule has 0 saturated carbocycles. The predicted molar refractivity (Wildman–Crippen MR) is 71.5 cm³/mol. The highest BCUT2D eigenvalue weighted by Gasteiger charge is 2.27. The van der Waals surface area contributed by atoms with Crippen LogP contribution in [0.3, 0.4) is 0 Å². The standard InChI is InChI=1S/C14H18N2O4/c1-2-3-7-10(14(18)19)15-13(17)12-9-6-4-5-8-11(9)20-16-12/h2,10H,1,3-8H2,(H,15,17)(H,18,19). The molecule has 20 heavy (non-hydrogen) atoms. The minimum atomic E-state index is -1.06. The normalized spacial score (nSPS) is 15.2. The average Bonchev–Trinajstić information content (AvgIpc) is 2.87. The molecule has 6 heteroatoms. The first-order valence-corrected chi connectivity index (χ1v) is 6.75. The minimum absolute atomic E-state index is 0.226. The van der Waals surface area contributed by atoms with Crippen LogP contribution in [0.1, 0.15) is 47.5 Å². The second kappa shape index (κ2) is 6.36. The van der Waals surface area contributed by atoms with Gasteiger partial charge in [0, 0.05) is 12.0 Å². The number of aryl methyl sites for hydroxylation is 1. The molecule has 1 aliphatic carbocycles. The molecule has 0 bridgehead atoms. The van der Waals surface area contributed by atoms with E-state index in [1.807, 2.05) is 0 Å². The summed E-state index contributed by atoms with van der Waals surface area (Å²) in [5.41, 5.74) is 1.05. The van der Waals surface area contributed by atoms with E-state index >= 15 is 0 Å². The van der Waals surface area contributed by atoms with Crippen molar-refractivity contribution in [2.75, 3.05) is 0 Å². The van der Waals surface area contributed by atoms with Gasteiger partial charge in [-0.1, -0.05) is 11.2 Å². The number of amides is 1. The van der Waals surface area contributed by atoms with Gasteiger partial charge in [-0.05, 0) is 32.1 Å². The summed E-state index contributed by atoms with van der Waals surface area (Å²) >= 11 is 0. The predicted octanol–water partition coefficient (Wildman–Crippen LogP) is 1.70. The summed E-state index contributed by atoms with van der Waals surface area (Å²) in [5.74, 6) is -0.787. The first-order valence-electron chi connectivity index (χ1n) is 6.75. The van der Waals surface area contributed by atoms with Crippen LogP contribution in [-0.4, -0.2) is 28.2 Å². The van der Waals surface area contributed by atoms with Gasteiger partial charge in [-0.15, -0.1) is 6.58 Å². The summed E-state index contributed by atoms with van der Waals surface area (Å²) in [4.78, 5) is 23.2. The summed E-state index contributed by atoms with van der Waals surface area (Å²) in [6.07, 6.45) is 6.02. The maximum absolute atomic E-state index is 12.1. The first-order chi connectivity index (χ1) is 9.63. The number of allylic oxidation sites excluding steroid dienone is 1. The number of fused-ring (bicyclic) bond motifs is 1. The van der Waals surface area contributed by atoms with Gasteiger partial charge in [-0.25, -0.2) is 4.79 Å². The molecule has 1 aliphatic rings. The van der Waals surface area contributed by atoms with Crippen LogP contribution in [0.4, 0.5) is 0 Å². The summed E-state index contributed by atoms with van der Waals surface area (Å²) in [6, 6.07) is -0.934. The maximum Gasteiger partial charge on any atom is 0.326 e. The third-order valence-corrected chi connectivity index (χ3v) is 3.43. The monoisotopic (exact) mass is 278 g/mol. The van der Waals surface area contributed by atoms with Gasteiger partial charge in [0.05, 0.1) is 0 Å². The van der Waals surface area contributed by atoms with Gasteiger partial charge in [0.2, 0.25) is 0 Å².